The molecule has 1 N–H and O–H groups in total. The summed E-state index contributed by atoms with van der Waals surface area (Å²) in [6.45, 7) is 3.61. The number of hydrogen-bond acceptors (Lipinski definition) is 4. The van der Waals surface area contributed by atoms with Crippen LogP contribution < -0.4 is 10.1 Å². The Labute approximate surface area is 140 Å². The summed E-state index contributed by atoms with van der Waals surface area (Å²) in [6, 6.07) is 16.2. The van der Waals surface area contributed by atoms with Gasteiger partial charge < -0.3 is 14.6 Å². The molecule has 124 valence electrons. The van der Waals surface area contributed by atoms with Gasteiger partial charge >= 0.3 is 0 Å². The molecule has 0 saturated carbocycles. The molecule has 0 atom stereocenters. The van der Waals surface area contributed by atoms with Gasteiger partial charge in [-0.25, -0.2) is 4.39 Å². The number of benzene rings is 2. The number of nitrogens with one attached hydrogen (secondary N) is 1. The third-order valence-corrected chi connectivity index (χ3v) is 3.52. The Hall–Kier alpha value is -2.66. The summed E-state index contributed by atoms with van der Waals surface area (Å²) >= 11 is 0. The average molecular weight is 326 g/mol. The second-order valence-corrected chi connectivity index (χ2v) is 5.60. The number of halogens is 1. The molecule has 0 unspecified atom stereocenters. The van der Waals surface area contributed by atoms with Crippen molar-refractivity contribution in [2.75, 3.05) is 0 Å². The number of rotatable bonds is 7. The zero-order chi connectivity index (χ0) is 16.8. The summed E-state index contributed by atoms with van der Waals surface area (Å²) in [5.41, 5.74) is 2.83. The SMILES string of the molecule is Cc1cc(CNCc2ccc(OCc3cccc(F)c3)cc2)on1. The van der Waals surface area contributed by atoms with Crippen LogP contribution >= 0.6 is 0 Å². The molecule has 3 aromatic rings. The largest absolute Gasteiger partial charge is 0.489 e. The van der Waals surface area contributed by atoms with Gasteiger partial charge in [0.25, 0.3) is 0 Å². The maximum absolute atomic E-state index is 13.1. The Balaban J connectivity index is 1.46. The Kier molecular flexibility index (Phi) is 5.23. The van der Waals surface area contributed by atoms with Crippen LogP contribution in [0.4, 0.5) is 4.39 Å². The monoisotopic (exact) mass is 326 g/mol. The van der Waals surface area contributed by atoms with Crippen molar-refractivity contribution in [3.8, 4) is 5.75 Å². The third kappa shape index (κ3) is 4.67. The first-order chi connectivity index (χ1) is 11.7. The molecule has 4 nitrogen and oxygen atoms in total. The first-order valence-corrected chi connectivity index (χ1v) is 7.78. The van der Waals surface area contributed by atoms with Gasteiger partial charge in [0.2, 0.25) is 0 Å². The van der Waals surface area contributed by atoms with Gasteiger partial charge in [0.05, 0.1) is 12.2 Å². The highest BCUT2D eigenvalue weighted by Gasteiger charge is 2.01. The van der Waals surface area contributed by atoms with Crippen LogP contribution in [-0.2, 0) is 19.7 Å². The van der Waals surface area contributed by atoms with Crippen LogP contribution in [0, 0.1) is 12.7 Å². The Morgan fingerprint density at radius 2 is 1.88 bits per heavy atom. The van der Waals surface area contributed by atoms with E-state index >= 15 is 0 Å². The van der Waals surface area contributed by atoms with E-state index in [2.05, 4.69) is 10.5 Å². The van der Waals surface area contributed by atoms with E-state index in [9.17, 15) is 4.39 Å². The van der Waals surface area contributed by atoms with E-state index in [1.165, 1.54) is 12.1 Å². The quantitative estimate of drug-likeness (QED) is 0.713. The highest BCUT2D eigenvalue weighted by Crippen LogP contribution is 2.15. The van der Waals surface area contributed by atoms with Crippen LogP contribution in [-0.4, -0.2) is 5.16 Å². The van der Waals surface area contributed by atoms with E-state index in [1.807, 2.05) is 43.3 Å². The van der Waals surface area contributed by atoms with Gasteiger partial charge in [0, 0.05) is 12.6 Å². The minimum Gasteiger partial charge on any atom is -0.489 e. The fraction of sp³-hybridized carbons (Fsp3) is 0.211. The topological polar surface area (TPSA) is 47.3 Å². The molecule has 0 radical (unpaired) electrons. The van der Waals surface area contributed by atoms with Crippen molar-refractivity contribution >= 4 is 0 Å². The molecule has 0 aliphatic carbocycles. The predicted molar refractivity (Wildman–Crippen MR) is 89.0 cm³/mol. The lowest BCUT2D eigenvalue weighted by Gasteiger charge is -2.08. The maximum Gasteiger partial charge on any atom is 0.150 e. The van der Waals surface area contributed by atoms with Gasteiger partial charge in [-0.2, -0.15) is 0 Å². The lowest BCUT2D eigenvalue weighted by Crippen LogP contribution is -2.12. The number of nitrogens with zero attached hydrogens (tertiary/aromatic N) is 1. The fourth-order valence-electron chi connectivity index (χ4n) is 2.33. The molecule has 0 fully saturated rings. The highest BCUT2D eigenvalue weighted by molar-refractivity contribution is 5.28. The van der Waals surface area contributed by atoms with E-state index < -0.39 is 0 Å². The Morgan fingerprint density at radius 1 is 1.04 bits per heavy atom. The molecule has 1 heterocycles. The predicted octanol–water partition coefficient (Wildman–Crippen LogP) is 3.99. The molecule has 0 spiro atoms. The van der Waals surface area contributed by atoms with E-state index in [0.717, 1.165) is 34.9 Å². The van der Waals surface area contributed by atoms with Crippen LogP contribution in [0.1, 0.15) is 22.6 Å². The zero-order valence-corrected chi connectivity index (χ0v) is 13.5. The molecule has 2 aromatic carbocycles. The Morgan fingerprint density at radius 3 is 2.58 bits per heavy atom. The van der Waals surface area contributed by atoms with Crippen LogP contribution in [0.5, 0.6) is 5.75 Å². The van der Waals surface area contributed by atoms with Gasteiger partial charge in [-0.3, -0.25) is 0 Å². The molecule has 0 saturated heterocycles. The number of ether oxygens (including phenoxy) is 1. The summed E-state index contributed by atoms with van der Waals surface area (Å²) in [4.78, 5) is 0. The Bertz CT molecular complexity index is 784. The van der Waals surface area contributed by atoms with Gasteiger partial charge in [-0.05, 0) is 42.3 Å². The minimum atomic E-state index is -0.250. The maximum atomic E-state index is 13.1. The lowest BCUT2D eigenvalue weighted by atomic mass is 10.2. The molecule has 0 bridgehead atoms. The first-order valence-electron chi connectivity index (χ1n) is 7.78. The molecule has 5 heteroatoms. The summed E-state index contributed by atoms with van der Waals surface area (Å²) in [5.74, 6) is 1.33. The van der Waals surface area contributed by atoms with Gasteiger partial charge in [-0.1, -0.05) is 29.4 Å². The smallest absolute Gasteiger partial charge is 0.150 e. The minimum absolute atomic E-state index is 0.250. The highest BCUT2D eigenvalue weighted by atomic mass is 19.1. The van der Waals surface area contributed by atoms with E-state index in [-0.39, 0.29) is 5.82 Å². The number of aromatic nitrogens is 1. The molecular weight excluding hydrogens is 307 g/mol. The van der Waals surface area contributed by atoms with Crippen LogP contribution in [0.15, 0.2) is 59.1 Å². The van der Waals surface area contributed by atoms with Gasteiger partial charge in [0.1, 0.15) is 18.2 Å². The van der Waals surface area contributed by atoms with Crippen molar-refractivity contribution in [1.82, 2.24) is 10.5 Å². The third-order valence-electron chi connectivity index (χ3n) is 3.52. The lowest BCUT2D eigenvalue weighted by molar-refractivity contribution is 0.305. The van der Waals surface area contributed by atoms with Crippen molar-refractivity contribution in [3.05, 3.63) is 83.0 Å². The van der Waals surface area contributed by atoms with Crippen LogP contribution in [0.2, 0.25) is 0 Å². The van der Waals surface area contributed by atoms with Gasteiger partial charge in [-0.15, -0.1) is 0 Å². The normalized spacial score (nSPS) is 10.8. The van der Waals surface area contributed by atoms with Crippen molar-refractivity contribution in [2.45, 2.75) is 26.6 Å². The van der Waals surface area contributed by atoms with Crippen LogP contribution in [0.25, 0.3) is 0 Å². The number of aryl methyl sites for hydroxylation is 1. The van der Waals surface area contributed by atoms with Crippen molar-refractivity contribution in [2.24, 2.45) is 0 Å². The summed E-state index contributed by atoms with van der Waals surface area (Å²) in [6.07, 6.45) is 0. The molecule has 0 aliphatic heterocycles. The number of hydrogen-bond donors (Lipinski definition) is 1. The van der Waals surface area contributed by atoms with E-state index in [1.54, 1.807) is 6.07 Å². The molecule has 3 rings (SSSR count). The second kappa shape index (κ2) is 7.75. The summed E-state index contributed by atoms with van der Waals surface area (Å²) < 4.78 is 23.9. The van der Waals surface area contributed by atoms with Gasteiger partial charge in [0.15, 0.2) is 5.76 Å². The summed E-state index contributed by atoms with van der Waals surface area (Å²) in [5, 5.41) is 7.15. The standard InChI is InChI=1S/C19H19FN2O2/c1-14-9-19(24-22-14)12-21-11-15-5-7-18(8-6-15)23-13-16-3-2-4-17(20)10-16/h2-10,21H,11-13H2,1H3. The summed E-state index contributed by atoms with van der Waals surface area (Å²) in [7, 11) is 0. The van der Waals surface area contributed by atoms with E-state index in [0.29, 0.717) is 13.2 Å². The van der Waals surface area contributed by atoms with E-state index in [4.69, 9.17) is 9.26 Å². The van der Waals surface area contributed by atoms with Crippen molar-refractivity contribution < 1.29 is 13.7 Å². The second-order valence-electron chi connectivity index (χ2n) is 5.60. The molecule has 1 aromatic heterocycles. The first kappa shape index (κ1) is 16.2. The molecule has 24 heavy (non-hydrogen) atoms. The van der Waals surface area contributed by atoms with Crippen LogP contribution in [0.3, 0.4) is 0 Å². The van der Waals surface area contributed by atoms with Crippen molar-refractivity contribution in [1.29, 1.82) is 0 Å². The molecule has 0 amide bonds. The molecule has 0 aliphatic rings. The van der Waals surface area contributed by atoms with Crippen molar-refractivity contribution in [3.63, 3.8) is 0 Å². The fourth-order valence-corrected chi connectivity index (χ4v) is 2.33. The zero-order valence-electron chi connectivity index (χ0n) is 13.5. The average Bonchev–Trinajstić information content (AvgIpc) is 3.00. The molecular formula is C19H19FN2O2.